The van der Waals surface area contributed by atoms with E-state index in [0.717, 1.165) is 0 Å². The smallest absolute Gasteiger partial charge is 0.165 e. The number of amidine groups is 1. The molecule has 5 heteroatoms. The van der Waals surface area contributed by atoms with Crippen LogP contribution in [0.25, 0.3) is 0 Å². The summed E-state index contributed by atoms with van der Waals surface area (Å²) in [5.74, 6) is 0.574. The number of halogens is 1. The number of benzene rings is 1. The Hall–Kier alpha value is -1.23. The molecule has 0 unspecified atom stereocenters. The van der Waals surface area contributed by atoms with Crippen LogP contribution in [-0.2, 0) is 0 Å². The van der Waals surface area contributed by atoms with Crippen molar-refractivity contribution in [2.24, 2.45) is 10.7 Å². The molecule has 17 heavy (non-hydrogen) atoms. The summed E-state index contributed by atoms with van der Waals surface area (Å²) in [7, 11) is 0. The minimum Gasteiger partial charge on any atom is -0.490 e. The molecular formula is C12H17FN2OS. The number of nitrogens with two attached hydrogens (primary N) is 1. The Labute approximate surface area is 105 Å². The minimum absolute atomic E-state index is 0.190. The van der Waals surface area contributed by atoms with Gasteiger partial charge in [0.15, 0.2) is 16.7 Å². The number of ether oxygens (including phenoxy) is 1. The standard InChI is InChI=1S/C12H17FN2OS/c1-9(2)15-12(14)17-8-7-16-11-6-4-3-5-10(11)13/h3-6,9H,7-8H2,1-2H3,(H2,14,15). The number of rotatable bonds is 5. The number of aliphatic imine (C=N–C) groups is 1. The van der Waals surface area contributed by atoms with Crippen LogP contribution in [0.15, 0.2) is 29.3 Å². The van der Waals surface area contributed by atoms with Crippen LogP contribution >= 0.6 is 11.8 Å². The van der Waals surface area contributed by atoms with Crippen molar-refractivity contribution in [1.82, 2.24) is 0 Å². The molecule has 0 spiro atoms. The number of hydrogen-bond donors (Lipinski definition) is 1. The van der Waals surface area contributed by atoms with Gasteiger partial charge < -0.3 is 10.5 Å². The van der Waals surface area contributed by atoms with Gasteiger partial charge in [0.1, 0.15) is 0 Å². The molecule has 0 aliphatic rings. The summed E-state index contributed by atoms with van der Waals surface area (Å²) >= 11 is 1.41. The lowest BCUT2D eigenvalue weighted by Gasteiger charge is -2.06. The second-order valence-electron chi connectivity index (χ2n) is 3.69. The first-order valence-corrected chi connectivity index (χ1v) is 6.41. The Bertz CT molecular complexity index is 383. The van der Waals surface area contributed by atoms with E-state index in [9.17, 15) is 4.39 Å². The van der Waals surface area contributed by atoms with Crippen LogP contribution in [-0.4, -0.2) is 23.6 Å². The second-order valence-corrected chi connectivity index (χ2v) is 4.80. The summed E-state index contributed by atoms with van der Waals surface area (Å²) in [4.78, 5) is 4.17. The van der Waals surface area contributed by atoms with E-state index in [-0.39, 0.29) is 17.6 Å². The fourth-order valence-corrected chi connectivity index (χ4v) is 1.81. The monoisotopic (exact) mass is 256 g/mol. The van der Waals surface area contributed by atoms with E-state index in [0.29, 0.717) is 17.5 Å². The zero-order chi connectivity index (χ0) is 12.7. The van der Waals surface area contributed by atoms with Gasteiger partial charge in [0.2, 0.25) is 0 Å². The lowest BCUT2D eigenvalue weighted by molar-refractivity contribution is 0.325. The summed E-state index contributed by atoms with van der Waals surface area (Å²) in [5, 5.41) is 0.539. The molecule has 1 aromatic rings. The van der Waals surface area contributed by atoms with Gasteiger partial charge in [-0.25, -0.2) is 4.39 Å². The topological polar surface area (TPSA) is 47.6 Å². The largest absolute Gasteiger partial charge is 0.490 e. The summed E-state index contributed by atoms with van der Waals surface area (Å²) in [6.07, 6.45) is 0. The third kappa shape index (κ3) is 5.58. The maximum Gasteiger partial charge on any atom is 0.165 e. The second kappa shape index (κ2) is 7.17. The molecule has 3 nitrogen and oxygen atoms in total. The Balaban J connectivity index is 2.27. The van der Waals surface area contributed by atoms with E-state index in [1.54, 1.807) is 18.2 Å². The predicted molar refractivity (Wildman–Crippen MR) is 71.1 cm³/mol. The highest BCUT2D eigenvalue weighted by Gasteiger charge is 2.01. The third-order valence-electron chi connectivity index (χ3n) is 1.81. The highest BCUT2D eigenvalue weighted by molar-refractivity contribution is 8.13. The molecule has 2 N–H and O–H groups in total. The van der Waals surface area contributed by atoms with Crippen LogP contribution in [0.5, 0.6) is 5.75 Å². The molecule has 0 fully saturated rings. The summed E-state index contributed by atoms with van der Waals surface area (Å²) in [6.45, 7) is 4.33. The summed E-state index contributed by atoms with van der Waals surface area (Å²) in [6, 6.07) is 6.53. The first kappa shape index (κ1) is 13.8. The van der Waals surface area contributed by atoms with E-state index < -0.39 is 0 Å². The van der Waals surface area contributed by atoms with Gasteiger partial charge in [0, 0.05) is 11.8 Å². The summed E-state index contributed by atoms with van der Waals surface area (Å²) < 4.78 is 18.5. The zero-order valence-corrected chi connectivity index (χ0v) is 10.8. The van der Waals surface area contributed by atoms with Crippen molar-refractivity contribution in [3.63, 3.8) is 0 Å². The number of thioether (sulfide) groups is 1. The Morgan fingerprint density at radius 3 is 2.82 bits per heavy atom. The SMILES string of the molecule is CC(C)N=C(N)SCCOc1ccccc1F. The van der Waals surface area contributed by atoms with E-state index in [4.69, 9.17) is 10.5 Å². The quantitative estimate of drug-likeness (QED) is 0.500. The first-order valence-electron chi connectivity index (χ1n) is 5.43. The van der Waals surface area contributed by atoms with Crippen LogP contribution in [0.4, 0.5) is 4.39 Å². The minimum atomic E-state index is -0.346. The van der Waals surface area contributed by atoms with Crippen molar-refractivity contribution in [2.45, 2.75) is 19.9 Å². The molecule has 1 aromatic carbocycles. The fourth-order valence-electron chi connectivity index (χ4n) is 1.15. The molecule has 0 aromatic heterocycles. The van der Waals surface area contributed by atoms with E-state index in [1.807, 2.05) is 13.8 Å². The van der Waals surface area contributed by atoms with Crippen LogP contribution in [0.3, 0.4) is 0 Å². The molecule has 0 radical (unpaired) electrons. The van der Waals surface area contributed by atoms with Gasteiger partial charge in [-0.2, -0.15) is 0 Å². The van der Waals surface area contributed by atoms with Crippen molar-refractivity contribution in [3.8, 4) is 5.75 Å². The molecule has 94 valence electrons. The number of hydrogen-bond acceptors (Lipinski definition) is 3. The normalized spacial score (nSPS) is 11.9. The molecule has 0 aliphatic carbocycles. The Morgan fingerprint density at radius 1 is 1.47 bits per heavy atom. The third-order valence-corrected chi connectivity index (χ3v) is 2.58. The van der Waals surface area contributed by atoms with Crippen LogP contribution in [0.2, 0.25) is 0 Å². The molecule has 0 bridgehead atoms. The molecule has 0 heterocycles. The van der Waals surface area contributed by atoms with Crippen molar-refractivity contribution in [1.29, 1.82) is 0 Å². The van der Waals surface area contributed by atoms with Gasteiger partial charge in [-0.05, 0) is 26.0 Å². The van der Waals surface area contributed by atoms with Crippen molar-refractivity contribution in [2.75, 3.05) is 12.4 Å². The first-order chi connectivity index (χ1) is 8.09. The molecule has 0 saturated carbocycles. The average Bonchev–Trinajstić information content (AvgIpc) is 2.25. The molecule has 0 aliphatic heterocycles. The fraction of sp³-hybridized carbons (Fsp3) is 0.417. The van der Waals surface area contributed by atoms with Crippen molar-refractivity contribution in [3.05, 3.63) is 30.1 Å². The van der Waals surface area contributed by atoms with Gasteiger partial charge >= 0.3 is 0 Å². The maximum absolute atomic E-state index is 13.2. The van der Waals surface area contributed by atoms with Gasteiger partial charge in [-0.1, -0.05) is 23.9 Å². The maximum atomic E-state index is 13.2. The predicted octanol–water partition coefficient (Wildman–Crippen LogP) is 2.66. The Kier molecular flexibility index (Phi) is 5.83. The van der Waals surface area contributed by atoms with Gasteiger partial charge in [-0.3, -0.25) is 4.99 Å². The van der Waals surface area contributed by atoms with Crippen LogP contribution < -0.4 is 10.5 Å². The lowest BCUT2D eigenvalue weighted by Crippen LogP contribution is -2.12. The number of nitrogens with zero attached hydrogens (tertiary/aromatic N) is 1. The molecule has 0 saturated heterocycles. The highest BCUT2D eigenvalue weighted by atomic mass is 32.2. The zero-order valence-electron chi connectivity index (χ0n) is 10.0. The van der Waals surface area contributed by atoms with Crippen LogP contribution in [0, 0.1) is 5.82 Å². The summed E-state index contributed by atoms with van der Waals surface area (Å²) in [5.41, 5.74) is 5.67. The van der Waals surface area contributed by atoms with Crippen molar-refractivity contribution >= 4 is 16.9 Å². The van der Waals surface area contributed by atoms with E-state index >= 15 is 0 Å². The van der Waals surface area contributed by atoms with Gasteiger partial charge in [-0.15, -0.1) is 0 Å². The van der Waals surface area contributed by atoms with E-state index in [2.05, 4.69) is 4.99 Å². The Morgan fingerprint density at radius 2 is 2.18 bits per heavy atom. The van der Waals surface area contributed by atoms with Crippen LogP contribution in [0.1, 0.15) is 13.8 Å². The average molecular weight is 256 g/mol. The molecule has 1 rings (SSSR count). The van der Waals surface area contributed by atoms with Gasteiger partial charge in [0.05, 0.1) is 6.61 Å². The molecule has 0 atom stereocenters. The molecular weight excluding hydrogens is 239 g/mol. The van der Waals surface area contributed by atoms with E-state index in [1.165, 1.54) is 17.8 Å². The molecule has 0 amide bonds. The highest BCUT2D eigenvalue weighted by Crippen LogP contribution is 2.15. The van der Waals surface area contributed by atoms with Gasteiger partial charge in [0.25, 0.3) is 0 Å². The lowest BCUT2D eigenvalue weighted by atomic mass is 10.3. The number of para-hydroxylation sites is 1. The van der Waals surface area contributed by atoms with Crippen molar-refractivity contribution < 1.29 is 9.13 Å².